The van der Waals surface area contributed by atoms with Crippen molar-refractivity contribution in [2.75, 3.05) is 18.5 Å². The van der Waals surface area contributed by atoms with Gasteiger partial charge >= 0.3 is 6.09 Å². The van der Waals surface area contributed by atoms with Crippen molar-refractivity contribution in [3.05, 3.63) is 48.3 Å². The lowest BCUT2D eigenvalue weighted by atomic mass is 10.3. The minimum absolute atomic E-state index is 0.00167. The van der Waals surface area contributed by atoms with Crippen LogP contribution in [0.15, 0.2) is 47.6 Å². The van der Waals surface area contributed by atoms with Crippen LogP contribution < -0.4 is 14.8 Å². The molecular weight excluding hydrogens is 358 g/mol. The van der Waals surface area contributed by atoms with Crippen LogP contribution in [0.25, 0.3) is 0 Å². The summed E-state index contributed by atoms with van der Waals surface area (Å²) in [6.07, 6.45) is 2.48. The minimum Gasteiger partial charge on any atom is -0.492 e. The number of hydrogen-bond acceptors (Lipinski definition) is 6. The lowest BCUT2D eigenvalue weighted by molar-refractivity contribution is 0.167. The van der Waals surface area contributed by atoms with Gasteiger partial charge in [-0.05, 0) is 49.7 Å². The van der Waals surface area contributed by atoms with Crippen LogP contribution in [0.5, 0.6) is 5.75 Å². The molecule has 2 aromatic rings. The second-order valence-corrected chi connectivity index (χ2v) is 6.88. The van der Waals surface area contributed by atoms with Gasteiger partial charge in [-0.25, -0.2) is 17.9 Å². The normalized spacial score (nSPS) is 11.0. The first-order valence-corrected chi connectivity index (χ1v) is 9.53. The molecule has 1 aromatic heterocycles. The first kappa shape index (κ1) is 19.7. The number of amides is 1. The molecule has 0 spiro atoms. The molecule has 0 unspecified atom stereocenters. The van der Waals surface area contributed by atoms with E-state index in [1.807, 2.05) is 0 Å². The molecular formula is C17H21N3O5S. The number of carbonyl (C=O) groups excluding carboxylic acids is 1. The Hall–Kier alpha value is -2.65. The molecule has 26 heavy (non-hydrogen) atoms. The summed E-state index contributed by atoms with van der Waals surface area (Å²) in [5.74, 6) is 0.355. The summed E-state index contributed by atoms with van der Waals surface area (Å²) in [5, 5.41) is 2.50. The number of nitrogens with one attached hydrogen (secondary N) is 2. The van der Waals surface area contributed by atoms with Crippen molar-refractivity contribution in [2.24, 2.45) is 0 Å². The van der Waals surface area contributed by atoms with Gasteiger partial charge < -0.3 is 9.47 Å². The van der Waals surface area contributed by atoms with Crippen LogP contribution in [-0.4, -0.2) is 32.7 Å². The number of anilines is 1. The third kappa shape index (κ3) is 5.43. The van der Waals surface area contributed by atoms with Gasteiger partial charge in [0.2, 0.25) is 10.0 Å². The second-order valence-electron chi connectivity index (χ2n) is 5.12. The van der Waals surface area contributed by atoms with Crippen LogP contribution in [0, 0.1) is 0 Å². The fourth-order valence-corrected chi connectivity index (χ4v) is 3.14. The van der Waals surface area contributed by atoms with Crippen molar-refractivity contribution in [1.29, 1.82) is 0 Å². The molecule has 140 valence electrons. The Balaban J connectivity index is 2.22. The van der Waals surface area contributed by atoms with E-state index in [1.165, 1.54) is 18.2 Å². The topological polar surface area (TPSA) is 107 Å². The number of sulfonamides is 1. The number of aromatic nitrogens is 1. The van der Waals surface area contributed by atoms with Gasteiger partial charge in [-0.15, -0.1) is 0 Å². The molecule has 1 heterocycles. The molecule has 0 aliphatic rings. The fraction of sp³-hybridized carbons (Fsp3) is 0.294. The Morgan fingerprint density at radius 2 is 1.85 bits per heavy atom. The highest BCUT2D eigenvalue weighted by molar-refractivity contribution is 7.89. The summed E-state index contributed by atoms with van der Waals surface area (Å²) >= 11 is 0. The molecule has 0 aliphatic carbocycles. The Morgan fingerprint density at radius 3 is 2.50 bits per heavy atom. The Labute approximate surface area is 152 Å². The molecule has 0 saturated heterocycles. The SMILES string of the molecule is CCOC(=O)Nc1cc(S(=O)(=O)NCc2ccncc2)ccc1OCC. The van der Waals surface area contributed by atoms with E-state index in [4.69, 9.17) is 9.47 Å². The van der Waals surface area contributed by atoms with Crippen LogP contribution in [0.4, 0.5) is 10.5 Å². The molecule has 0 atom stereocenters. The summed E-state index contributed by atoms with van der Waals surface area (Å²) in [7, 11) is -3.78. The van der Waals surface area contributed by atoms with Crippen molar-refractivity contribution in [1.82, 2.24) is 9.71 Å². The zero-order valence-electron chi connectivity index (χ0n) is 14.6. The minimum atomic E-state index is -3.78. The lowest BCUT2D eigenvalue weighted by Gasteiger charge is -2.14. The van der Waals surface area contributed by atoms with Gasteiger partial charge in [0.05, 0.1) is 23.8 Å². The van der Waals surface area contributed by atoms with Crippen molar-refractivity contribution < 1.29 is 22.7 Å². The van der Waals surface area contributed by atoms with Crippen molar-refractivity contribution >= 4 is 21.8 Å². The van der Waals surface area contributed by atoms with Crippen LogP contribution in [0.1, 0.15) is 19.4 Å². The fourth-order valence-electron chi connectivity index (χ4n) is 2.09. The monoisotopic (exact) mass is 379 g/mol. The van der Waals surface area contributed by atoms with Gasteiger partial charge in [0.15, 0.2) is 0 Å². The number of benzene rings is 1. The average molecular weight is 379 g/mol. The quantitative estimate of drug-likeness (QED) is 0.730. The lowest BCUT2D eigenvalue weighted by Crippen LogP contribution is -2.23. The van der Waals surface area contributed by atoms with E-state index in [1.54, 1.807) is 38.4 Å². The zero-order chi connectivity index (χ0) is 19.0. The molecule has 2 N–H and O–H groups in total. The Morgan fingerprint density at radius 1 is 1.12 bits per heavy atom. The molecule has 0 radical (unpaired) electrons. The van der Waals surface area contributed by atoms with E-state index in [2.05, 4.69) is 15.0 Å². The van der Waals surface area contributed by atoms with E-state index in [0.717, 1.165) is 5.56 Å². The number of hydrogen-bond donors (Lipinski definition) is 2. The third-order valence-electron chi connectivity index (χ3n) is 3.29. The van der Waals surface area contributed by atoms with Crippen molar-refractivity contribution in [2.45, 2.75) is 25.3 Å². The maximum absolute atomic E-state index is 12.5. The van der Waals surface area contributed by atoms with E-state index < -0.39 is 16.1 Å². The average Bonchev–Trinajstić information content (AvgIpc) is 2.63. The van der Waals surface area contributed by atoms with Crippen LogP contribution in [-0.2, 0) is 21.3 Å². The summed E-state index contributed by atoms with van der Waals surface area (Å²) in [6, 6.07) is 7.67. The maximum Gasteiger partial charge on any atom is 0.411 e. The molecule has 0 aliphatic heterocycles. The molecule has 0 fully saturated rings. The summed E-state index contributed by atoms with van der Waals surface area (Å²) < 4.78 is 37.8. The van der Waals surface area contributed by atoms with Gasteiger partial charge in [0.1, 0.15) is 5.75 Å². The van der Waals surface area contributed by atoms with Crippen LogP contribution in [0.3, 0.4) is 0 Å². The smallest absolute Gasteiger partial charge is 0.411 e. The summed E-state index contributed by atoms with van der Waals surface area (Å²) in [5.41, 5.74) is 0.997. The standard InChI is InChI=1S/C17H21N3O5S/c1-3-24-16-6-5-14(11-15(16)20-17(21)25-4-2)26(22,23)19-12-13-7-9-18-10-8-13/h5-11,19H,3-4,12H2,1-2H3,(H,20,21). The van der Waals surface area contributed by atoms with E-state index >= 15 is 0 Å². The van der Waals surface area contributed by atoms with E-state index in [0.29, 0.717) is 12.4 Å². The molecule has 2 rings (SSSR count). The maximum atomic E-state index is 12.5. The van der Waals surface area contributed by atoms with Gasteiger partial charge in [-0.3, -0.25) is 10.3 Å². The highest BCUT2D eigenvalue weighted by Crippen LogP contribution is 2.28. The molecule has 0 saturated carbocycles. The molecule has 0 bridgehead atoms. The third-order valence-corrected chi connectivity index (χ3v) is 4.69. The van der Waals surface area contributed by atoms with Gasteiger partial charge in [-0.1, -0.05) is 0 Å². The highest BCUT2D eigenvalue weighted by Gasteiger charge is 2.18. The molecule has 9 heteroatoms. The zero-order valence-corrected chi connectivity index (χ0v) is 15.4. The number of ether oxygens (including phenoxy) is 2. The Kier molecular flexibility index (Phi) is 6.93. The summed E-state index contributed by atoms with van der Waals surface area (Å²) in [6.45, 7) is 4.14. The van der Waals surface area contributed by atoms with Crippen LogP contribution in [0.2, 0.25) is 0 Å². The van der Waals surface area contributed by atoms with Crippen molar-refractivity contribution in [3.8, 4) is 5.75 Å². The second kappa shape index (κ2) is 9.16. The van der Waals surface area contributed by atoms with Gasteiger partial charge in [0.25, 0.3) is 0 Å². The number of rotatable bonds is 8. The van der Waals surface area contributed by atoms with E-state index in [9.17, 15) is 13.2 Å². The molecule has 1 aromatic carbocycles. The first-order valence-electron chi connectivity index (χ1n) is 8.05. The molecule has 1 amide bonds. The number of carbonyl (C=O) groups is 1. The summed E-state index contributed by atoms with van der Waals surface area (Å²) in [4.78, 5) is 15.6. The van der Waals surface area contributed by atoms with Gasteiger partial charge in [0, 0.05) is 18.9 Å². The van der Waals surface area contributed by atoms with Crippen molar-refractivity contribution in [3.63, 3.8) is 0 Å². The highest BCUT2D eigenvalue weighted by atomic mass is 32.2. The first-order chi connectivity index (χ1) is 12.5. The predicted octanol–water partition coefficient (Wildman–Crippen LogP) is 2.53. The van der Waals surface area contributed by atoms with E-state index in [-0.39, 0.29) is 23.7 Å². The largest absolute Gasteiger partial charge is 0.492 e. The number of pyridine rings is 1. The Bertz CT molecular complexity index is 841. The predicted molar refractivity (Wildman–Crippen MR) is 96.5 cm³/mol. The number of nitrogens with zero attached hydrogens (tertiary/aromatic N) is 1. The molecule has 8 nitrogen and oxygen atoms in total. The van der Waals surface area contributed by atoms with Gasteiger partial charge in [-0.2, -0.15) is 0 Å². The van der Waals surface area contributed by atoms with Crippen LogP contribution >= 0.6 is 0 Å².